The topological polar surface area (TPSA) is 63.1 Å². The first kappa shape index (κ1) is 24.2. The quantitative estimate of drug-likeness (QED) is 0.455. The Hall–Kier alpha value is -2.52. The molecule has 4 atom stereocenters. The molecule has 2 fully saturated rings. The van der Waals surface area contributed by atoms with Gasteiger partial charge in [-0.15, -0.1) is 0 Å². The molecule has 3 heterocycles. The lowest BCUT2D eigenvalue weighted by atomic mass is 9.98. The molecule has 9 heteroatoms. The number of nitrogens with zero attached hydrogens (tertiary/aromatic N) is 2. The molecule has 1 saturated heterocycles. The van der Waals surface area contributed by atoms with Crippen LogP contribution in [-0.2, 0) is 4.74 Å². The fourth-order valence-corrected chi connectivity index (χ4v) is 5.38. The van der Waals surface area contributed by atoms with Gasteiger partial charge in [-0.1, -0.05) is 26.0 Å². The lowest BCUT2D eigenvalue weighted by Gasteiger charge is -2.23. The van der Waals surface area contributed by atoms with Crippen LogP contribution in [0, 0.1) is 11.3 Å². The summed E-state index contributed by atoms with van der Waals surface area (Å²) in [6.45, 7) is 7.77. The number of fused-ring (bicyclic) bond motifs is 1. The van der Waals surface area contributed by atoms with E-state index in [0.29, 0.717) is 18.3 Å². The molecule has 1 aromatic carbocycles. The summed E-state index contributed by atoms with van der Waals surface area (Å²) < 4.78 is 48.9. The summed E-state index contributed by atoms with van der Waals surface area (Å²) in [5.41, 5.74) is 3.24. The largest absolute Gasteiger partial charge is 0.407 e. The summed E-state index contributed by atoms with van der Waals surface area (Å²) in [6, 6.07) is 5.15. The Labute approximate surface area is 204 Å². The van der Waals surface area contributed by atoms with Crippen LogP contribution in [0.15, 0.2) is 30.5 Å². The van der Waals surface area contributed by atoms with Crippen molar-refractivity contribution >= 4 is 17.6 Å². The summed E-state index contributed by atoms with van der Waals surface area (Å²) >= 11 is 0. The van der Waals surface area contributed by atoms with Crippen molar-refractivity contribution in [2.24, 2.45) is 11.3 Å². The fraction of sp³-hybridized carbons (Fsp3) is 0.577. The molecule has 2 aliphatic heterocycles. The van der Waals surface area contributed by atoms with Gasteiger partial charge >= 0.3 is 6.18 Å². The maximum atomic E-state index is 13.7. The van der Waals surface area contributed by atoms with Crippen molar-refractivity contribution in [2.75, 3.05) is 25.1 Å². The highest BCUT2D eigenvalue weighted by Crippen LogP contribution is 2.61. The molecular formula is C26H34F3N5O. The lowest BCUT2D eigenvalue weighted by Crippen LogP contribution is -2.36. The minimum atomic E-state index is -4.36. The first-order valence-electron chi connectivity index (χ1n) is 12.5. The molecule has 0 bridgehead atoms. The number of hydrogen-bond donors (Lipinski definition) is 3. The van der Waals surface area contributed by atoms with E-state index in [0.717, 1.165) is 49.6 Å². The molecule has 0 radical (unpaired) electrons. The van der Waals surface area contributed by atoms with Gasteiger partial charge in [-0.3, -0.25) is 4.68 Å². The monoisotopic (exact) mass is 489 g/mol. The molecule has 5 rings (SSSR count). The van der Waals surface area contributed by atoms with Crippen LogP contribution in [0.2, 0.25) is 0 Å². The molecule has 1 spiro atoms. The van der Waals surface area contributed by atoms with Crippen LogP contribution in [0.25, 0.3) is 6.08 Å². The second kappa shape index (κ2) is 9.17. The van der Waals surface area contributed by atoms with Gasteiger partial charge in [0, 0.05) is 23.3 Å². The third-order valence-corrected chi connectivity index (χ3v) is 7.37. The number of nitrogens with one attached hydrogen (secondary N) is 3. The average Bonchev–Trinajstić information content (AvgIpc) is 3.35. The highest BCUT2D eigenvalue weighted by molar-refractivity contribution is 5.68. The normalized spacial score (nSPS) is 26.5. The number of benzene rings is 1. The van der Waals surface area contributed by atoms with E-state index in [1.165, 1.54) is 12.1 Å². The summed E-state index contributed by atoms with van der Waals surface area (Å²) in [4.78, 5) is 0. The van der Waals surface area contributed by atoms with Crippen LogP contribution >= 0.6 is 0 Å². The SMILES string of the molecule is CC(C)CNC(c1ccc(Nc2nn(C3CC34CCCOC4)c3c2C(C)NC=C3)cc1)C(F)(F)F. The number of hydrogen-bond acceptors (Lipinski definition) is 5. The second-order valence-electron chi connectivity index (χ2n) is 10.6. The molecule has 1 aromatic heterocycles. The molecule has 3 N–H and O–H groups in total. The van der Waals surface area contributed by atoms with Crippen LogP contribution in [0.4, 0.5) is 24.7 Å². The maximum Gasteiger partial charge on any atom is 0.407 e. The zero-order chi connectivity index (χ0) is 24.8. The Morgan fingerprint density at radius 3 is 2.69 bits per heavy atom. The highest BCUT2D eigenvalue weighted by atomic mass is 19.4. The second-order valence-corrected chi connectivity index (χ2v) is 10.6. The van der Waals surface area contributed by atoms with Crippen molar-refractivity contribution in [1.82, 2.24) is 20.4 Å². The molecule has 1 saturated carbocycles. The minimum absolute atomic E-state index is 0.0673. The molecule has 4 unspecified atom stereocenters. The Balaban J connectivity index is 1.38. The predicted octanol–water partition coefficient (Wildman–Crippen LogP) is 5.85. The molecule has 190 valence electrons. The standard InChI is InChI=1S/C26H34F3N5O/c1-16(2)14-31-23(26(27,28)29)18-5-7-19(8-6-18)32-24-22-17(3)30-11-9-20(22)34(33-24)21-13-25(21)10-4-12-35-15-25/h5-9,11,16-17,21,23,30-31H,4,10,12-15H2,1-3H3,(H,32,33). The van der Waals surface area contributed by atoms with Gasteiger partial charge in [0.05, 0.1) is 24.4 Å². The zero-order valence-electron chi connectivity index (χ0n) is 20.5. The van der Waals surface area contributed by atoms with Crippen molar-refractivity contribution in [3.63, 3.8) is 0 Å². The molecule has 1 aliphatic carbocycles. The molecular weight excluding hydrogens is 455 g/mol. The first-order valence-corrected chi connectivity index (χ1v) is 12.5. The molecule has 2 aromatic rings. The van der Waals surface area contributed by atoms with Crippen molar-refractivity contribution < 1.29 is 17.9 Å². The molecule has 35 heavy (non-hydrogen) atoms. The number of ether oxygens (including phenoxy) is 1. The predicted molar refractivity (Wildman–Crippen MR) is 130 cm³/mol. The Morgan fingerprint density at radius 1 is 1.26 bits per heavy atom. The van der Waals surface area contributed by atoms with Gasteiger partial charge in [0.15, 0.2) is 5.82 Å². The van der Waals surface area contributed by atoms with E-state index in [1.807, 2.05) is 20.0 Å². The molecule has 0 amide bonds. The van der Waals surface area contributed by atoms with E-state index in [9.17, 15) is 13.2 Å². The van der Waals surface area contributed by atoms with Gasteiger partial charge < -0.3 is 20.7 Å². The highest BCUT2D eigenvalue weighted by Gasteiger charge is 2.57. The lowest BCUT2D eigenvalue weighted by molar-refractivity contribution is -0.158. The maximum absolute atomic E-state index is 13.7. The number of rotatable bonds is 7. The average molecular weight is 490 g/mol. The first-order chi connectivity index (χ1) is 16.7. The fourth-order valence-electron chi connectivity index (χ4n) is 5.38. The van der Waals surface area contributed by atoms with Gasteiger partial charge in [0.1, 0.15) is 6.04 Å². The summed E-state index contributed by atoms with van der Waals surface area (Å²) in [7, 11) is 0. The van der Waals surface area contributed by atoms with E-state index in [4.69, 9.17) is 9.84 Å². The zero-order valence-corrected chi connectivity index (χ0v) is 20.5. The Bertz CT molecular complexity index is 1070. The van der Waals surface area contributed by atoms with Gasteiger partial charge in [0.25, 0.3) is 0 Å². The van der Waals surface area contributed by atoms with E-state index < -0.39 is 12.2 Å². The summed E-state index contributed by atoms with van der Waals surface area (Å²) in [5.74, 6) is 0.860. The third kappa shape index (κ3) is 4.80. The summed E-state index contributed by atoms with van der Waals surface area (Å²) in [5, 5.41) is 14.3. The van der Waals surface area contributed by atoms with Gasteiger partial charge in [0.2, 0.25) is 0 Å². The molecule has 3 aliphatic rings. The number of anilines is 2. The van der Waals surface area contributed by atoms with Crippen molar-refractivity contribution in [3.8, 4) is 0 Å². The van der Waals surface area contributed by atoms with Gasteiger partial charge in [-0.05, 0) is 68.6 Å². The van der Waals surface area contributed by atoms with E-state index in [2.05, 4.69) is 33.6 Å². The van der Waals surface area contributed by atoms with Crippen molar-refractivity contribution in [1.29, 1.82) is 0 Å². The third-order valence-electron chi connectivity index (χ3n) is 7.37. The van der Waals surface area contributed by atoms with Crippen LogP contribution in [0.5, 0.6) is 0 Å². The summed E-state index contributed by atoms with van der Waals surface area (Å²) in [6.07, 6.45) is 2.94. The number of aromatic nitrogens is 2. The minimum Gasteiger partial charge on any atom is -0.384 e. The Morgan fingerprint density at radius 2 is 2.03 bits per heavy atom. The van der Waals surface area contributed by atoms with Crippen molar-refractivity contribution in [3.05, 3.63) is 47.3 Å². The van der Waals surface area contributed by atoms with Crippen LogP contribution in [-0.4, -0.2) is 35.7 Å². The van der Waals surface area contributed by atoms with E-state index in [1.54, 1.807) is 12.1 Å². The molecule has 6 nitrogen and oxygen atoms in total. The van der Waals surface area contributed by atoms with Gasteiger partial charge in [-0.25, -0.2) is 0 Å². The van der Waals surface area contributed by atoms with Crippen LogP contribution in [0.1, 0.15) is 75.0 Å². The van der Waals surface area contributed by atoms with E-state index >= 15 is 0 Å². The smallest absolute Gasteiger partial charge is 0.384 e. The van der Waals surface area contributed by atoms with Crippen LogP contribution < -0.4 is 16.0 Å². The van der Waals surface area contributed by atoms with E-state index in [-0.39, 0.29) is 22.9 Å². The van der Waals surface area contributed by atoms with Crippen molar-refractivity contribution in [2.45, 2.75) is 64.3 Å². The number of alkyl halides is 3. The van der Waals surface area contributed by atoms with Crippen LogP contribution in [0.3, 0.4) is 0 Å². The Kier molecular flexibility index (Phi) is 6.34. The van der Waals surface area contributed by atoms with Gasteiger partial charge in [-0.2, -0.15) is 18.3 Å². The number of halogens is 3.